The Labute approximate surface area is 230 Å². The number of ether oxygens (including phenoxy) is 1. The normalized spacial score (nSPS) is 12.7. The lowest BCUT2D eigenvalue weighted by atomic mass is 9.80. The molecule has 2 atom stereocenters. The summed E-state index contributed by atoms with van der Waals surface area (Å²) in [7, 11) is 0. The van der Waals surface area contributed by atoms with Crippen molar-refractivity contribution in [3.05, 3.63) is 114 Å². The molecule has 0 saturated carbocycles. The van der Waals surface area contributed by atoms with Crippen LogP contribution in [0.25, 0.3) is 0 Å². The lowest BCUT2D eigenvalue weighted by molar-refractivity contribution is -0.143. The Bertz CT molecular complexity index is 1120. The summed E-state index contributed by atoms with van der Waals surface area (Å²) in [5.41, 5.74) is 1.17. The Morgan fingerprint density at radius 2 is 1.26 bits per heavy atom. The van der Waals surface area contributed by atoms with Crippen molar-refractivity contribution in [2.75, 3.05) is 19.8 Å². The largest absolute Gasteiger partial charge is 0.490 e. The Balaban J connectivity index is 1.82. The van der Waals surface area contributed by atoms with Crippen LogP contribution in [0.5, 0.6) is 5.75 Å². The van der Waals surface area contributed by atoms with Gasteiger partial charge in [0.15, 0.2) is 0 Å². The minimum Gasteiger partial charge on any atom is -0.490 e. The molecule has 0 bridgehead atoms. The van der Waals surface area contributed by atoms with Gasteiger partial charge in [-0.3, -0.25) is 9.59 Å². The third kappa shape index (κ3) is 8.80. The van der Waals surface area contributed by atoms with Gasteiger partial charge in [0.2, 0.25) is 11.8 Å². The van der Waals surface area contributed by atoms with Crippen molar-refractivity contribution in [3.8, 4) is 5.75 Å². The highest BCUT2D eigenvalue weighted by Gasteiger charge is 2.42. The molecule has 2 amide bonds. The van der Waals surface area contributed by atoms with E-state index in [9.17, 15) is 19.8 Å². The van der Waals surface area contributed by atoms with E-state index in [2.05, 4.69) is 17.2 Å². The molecule has 0 aliphatic carbocycles. The summed E-state index contributed by atoms with van der Waals surface area (Å²) in [4.78, 5) is 27.5. The van der Waals surface area contributed by atoms with Crippen molar-refractivity contribution >= 4 is 11.8 Å². The minimum absolute atomic E-state index is 0.110. The van der Waals surface area contributed by atoms with E-state index >= 15 is 0 Å². The molecule has 0 saturated heterocycles. The fraction of sp³-hybridized carbons (Fsp3) is 0.312. The maximum atomic E-state index is 13.7. The van der Waals surface area contributed by atoms with Gasteiger partial charge in [-0.15, -0.1) is 0 Å². The topological polar surface area (TPSA) is 108 Å². The van der Waals surface area contributed by atoms with Crippen LogP contribution in [0.15, 0.2) is 97.6 Å². The first-order valence-corrected chi connectivity index (χ1v) is 13.1. The number of hydrogen-bond acceptors (Lipinski definition) is 5. The molecule has 0 aromatic heterocycles. The number of aliphatic hydroxyl groups is 2. The molecule has 7 heteroatoms. The summed E-state index contributed by atoms with van der Waals surface area (Å²) in [5.74, 6) is -0.350. The SMILES string of the molecule is C=CCOc1ccc(CC(C)(C(=O)N[C@H](CO)Cc2ccccc2)C(=O)N[C@H](CO)Cc2ccccc2)cc1. The standard InChI is InChI=1S/C32H38N2O5/c1-3-18-39-29-16-14-26(15-17-29)21-32(2,30(37)33-27(22-35)19-24-10-6-4-7-11-24)31(38)34-28(23-36)20-25-12-8-5-9-13-25/h3-17,27-28,35-36H,1,18-23H2,2H3,(H,33,37)(H,34,38)/t27-,28-/m0/s1. The van der Waals surface area contributed by atoms with Crippen LogP contribution >= 0.6 is 0 Å². The predicted octanol–water partition coefficient (Wildman–Crippen LogP) is 3.24. The number of rotatable bonds is 15. The molecule has 0 heterocycles. The van der Waals surface area contributed by atoms with E-state index in [-0.39, 0.29) is 19.6 Å². The van der Waals surface area contributed by atoms with Gasteiger partial charge in [0.1, 0.15) is 17.8 Å². The lowest BCUT2D eigenvalue weighted by Crippen LogP contribution is -2.56. The van der Waals surface area contributed by atoms with Crippen molar-refractivity contribution < 1.29 is 24.5 Å². The minimum atomic E-state index is -1.52. The molecule has 39 heavy (non-hydrogen) atoms. The molecule has 0 unspecified atom stereocenters. The van der Waals surface area contributed by atoms with Gasteiger partial charge in [-0.25, -0.2) is 0 Å². The van der Waals surface area contributed by atoms with Gasteiger partial charge in [0.05, 0.1) is 25.3 Å². The molecule has 3 aromatic rings. The molecule has 0 aliphatic heterocycles. The van der Waals surface area contributed by atoms with Crippen molar-refractivity contribution in [3.63, 3.8) is 0 Å². The number of hydrogen-bond donors (Lipinski definition) is 4. The van der Waals surface area contributed by atoms with E-state index in [0.717, 1.165) is 16.7 Å². The lowest BCUT2D eigenvalue weighted by Gasteiger charge is -2.31. The van der Waals surface area contributed by atoms with E-state index in [1.807, 2.05) is 72.8 Å². The van der Waals surface area contributed by atoms with Crippen LogP contribution in [-0.4, -0.2) is 53.9 Å². The van der Waals surface area contributed by atoms with Gasteiger partial charge in [0.25, 0.3) is 0 Å². The highest BCUT2D eigenvalue weighted by Crippen LogP contribution is 2.26. The molecule has 3 rings (SSSR count). The first-order valence-electron chi connectivity index (χ1n) is 13.1. The molecule has 0 fully saturated rings. The van der Waals surface area contributed by atoms with Crippen LogP contribution in [0, 0.1) is 5.41 Å². The molecule has 0 spiro atoms. The third-order valence-electron chi connectivity index (χ3n) is 6.61. The molecule has 0 aliphatic rings. The number of benzene rings is 3. The maximum Gasteiger partial charge on any atom is 0.236 e. The van der Waals surface area contributed by atoms with Gasteiger partial charge < -0.3 is 25.6 Å². The summed E-state index contributed by atoms with van der Waals surface area (Å²) in [6.07, 6.45) is 2.60. The zero-order valence-corrected chi connectivity index (χ0v) is 22.4. The number of carbonyl (C=O) groups excluding carboxylic acids is 2. The van der Waals surface area contributed by atoms with Crippen molar-refractivity contribution in [1.29, 1.82) is 0 Å². The summed E-state index contributed by atoms with van der Waals surface area (Å²) in [6, 6.07) is 25.1. The summed E-state index contributed by atoms with van der Waals surface area (Å²) >= 11 is 0. The Hall–Kier alpha value is -3.94. The van der Waals surface area contributed by atoms with Crippen LogP contribution in [0.2, 0.25) is 0 Å². The number of carbonyl (C=O) groups is 2. The first kappa shape index (κ1) is 29.6. The van der Waals surface area contributed by atoms with Crippen LogP contribution in [0.1, 0.15) is 23.6 Å². The predicted molar refractivity (Wildman–Crippen MR) is 152 cm³/mol. The Kier molecular flexibility index (Phi) is 11.3. The van der Waals surface area contributed by atoms with Crippen molar-refractivity contribution in [1.82, 2.24) is 10.6 Å². The van der Waals surface area contributed by atoms with Crippen LogP contribution in [-0.2, 0) is 28.9 Å². The fourth-order valence-electron chi connectivity index (χ4n) is 4.34. The summed E-state index contributed by atoms with van der Waals surface area (Å²) in [6.45, 7) is 5.05. The van der Waals surface area contributed by atoms with E-state index in [1.165, 1.54) is 0 Å². The van der Waals surface area contributed by atoms with Gasteiger partial charge >= 0.3 is 0 Å². The molecule has 3 aromatic carbocycles. The first-order chi connectivity index (χ1) is 18.9. The van der Waals surface area contributed by atoms with Gasteiger partial charge in [0, 0.05) is 0 Å². The molecule has 206 valence electrons. The van der Waals surface area contributed by atoms with Gasteiger partial charge in [-0.05, 0) is 55.0 Å². The monoisotopic (exact) mass is 530 g/mol. The van der Waals surface area contributed by atoms with Crippen molar-refractivity contribution in [2.24, 2.45) is 5.41 Å². The fourth-order valence-corrected chi connectivity index (χ4v) is 4.34. The Morgan fingerprint density at radius 1 is 0.795 bits per heavy atom. The van der Waals surface area contributed by atoms with Crippen LogP contribution < -0.4 is 15.4 Å². The van der Waals surface area contributed by atoms with Crippen molar-refractivity contribution in [2.45, 2.75) is 38.3 Å². The van der Waals surface area contributed by atoms with Crippen LogP contribution in [0.3, 0.4) is 0 Å². The second kappa shape index (κ2) is 14.9. The van der Waals surface area contributed by atoms with E-state index in [0.29, 0.717) is 25.2 Å². The zero-order valence-electron chi connectivity index (χ0n) is 22.4. The summed E-state index contributed by atoms with van der Waals surface area (Å²) in [5, 5.41) is 25.8. The van der Waals surface area contributed by atoms with E-state index in [4.69, 9.17) is 4.74 Å². The summed E-state index contributed by atoms with van der Waals surface area (Å²) < 4.78 is 5.55. The Morgan fingerprint density at radius 3 is 1.67 bits per heavy atom. The number of aliphatic hydroxyl groups excluding tert-OH is 2. The second-order valence-electron chi connectivity index (χ2n) is 9.84. The molecule has 0 radical (unpaired) electrons. The van der Waals surface area contributed by atoms with E-state index < -0.39 is 29.3 Å². The smallest absolute Gasteiger partial charge is 0.236 e. The van der Waals surface area contributed by atoms with Crippen LogP contribution in [0.4, 0.5) is 0 Å². The molecule has 7 nitrogen and oxygen atoms in total. The molecular formula is C32H38N2O5. The average Bonchev–Trinajstić information content (AvgIpc) is 2.96. The van der Waals surface area contributed by atoms with Gasteiger partial charge in [-0.1, -0.05) is 85.5 Å². The highest BCUT2D eigenvalue weighted by atomic mass is 16.5. The van der Waals surface area contributed by atoms with Gasteiger partial charge in [-0.2, -0.15) is 0 Å². The molecular weight excluding hydrogens is 492 g/mol. The third-order valence-corrected chi connectivity index (χ3v) is 6.61. The maximum absolute atomic E-state index is 13.7. The number of amides is 2. The quantitative estimate of drug-likeness (QED) is 0.178. The van der Waals surface area contributed by atoms with E-state index in [1.54, 1.807) is 25.1 Å². The average molecular weight is 531 g/mol. The zero-order chi connectivity index (χ0) is 28.1. The second-order valence-corrected chi connectivity index (χ2v) is 9.84. The highest BCUT2D eigenvalue weighted by molar-refractivity contribution is 6.05. The molecule has 4 N–H and O–H groups in total. The number of nitrogens with one attached hydrogen (secondary N) is 2.